The fourth-order valence-electron chi connectivity index (χ4n) is 2.84. The van der Waals surface area contributed by atoms with Gasteiger partial charge >= 0.3 is 11.7 Å². The number of benzene rings is 1. The number of aromatic nitrogens is 3. The minimum absolute atomic E-state index is 0.147. The van der Waals surface area contributed by atoms with Crippen molar-refractivity contribution in [1.29, 1.82) is 0 Å². The van der Waals surface area contributed by atoms with Crippen molar-refractivity contribution in [1.82, 2.24) is 14.5 Å². The highest BCUT2D eigenvalue weighted by Gasteiger charge is 2.29. The Morgan fingerprint density at radius 2 is 1.94 bits per heavy atom. The zero-order chi connectivity index (χ0) is 23.5. The van der Waals surface area contributed by atoms with Crippen LogP contribution < -0.4 is 16.2 Å². The summed E-state index contributed by atoms with van der Waals surface area (Å²) in [5, 5.41) is 18.6. The van der Waals surface area contributed by atoms with Crippen LogP contribution in [0.5, 0.6) is 5.75 Å². The van der Waals surface area contributed by atoms with Crippen LogP contribution in [0.25, 0.3) is 11.1 Å². The van der Waals surface area contributed by atoms with E-state index < -0.39 is 49.2 Å². The van der Waals surface area contributed by atoms with Crippen LogP contribution in [-0.4, -0.2) is 56.1 Å². The number of aliphatic hydroxyl groups excluding tert-OH is 2. The number of aliphatic hydroxyl groups is 2. The SMILES string of the molecule is CC(Oc1cc2oc(=O)n(C(C)C(=O)OCC(N)(CO)CO)c2cc1Cl)c1ncccn1. The number of halogens is 1. The third-order valence-corrected chi connectivity index (χ3v) is 5.08. The number of hydrogen-bond donors (Lipinski definition) is 3. The van der Waals surface area contributed by atoms with Crippen molar-refractivity contribution in [3.63, 3.8) is 0 Å². The molecule has 0 amide bonds. The molecule has 0 fully saturated rings. The maximum atomic E-state index is 12.5. The molecule has 32 heavy (non-hydrogen) atoms. The summed E-state index contributed by atoms with van der Waals surface area (Å²) in [6, 6.07) is 3.47. The molecule has 2 atom stereocenters. The van der Waals surface area contributed by atoms with Crippen LogP contribution >= 0.6 is 11.6 Å². The van der Waals surface area contributed by atoms with Gasteiger partial charge in [0.2, 0.25) is 0 Å². The van der Waals surface area contributed by atoms with Crippen molar-refractivity contribution in [3.8, 4) is 5.75 Å². The molecule has 3 aromatic rings. The van der Waals surface area contributed by atoms with Crippen LogP contribution in [0.2, 0.25) is 5.02 Å². The highest BCUT2D eigenvalue weighted by atomic mass is 35.5. The zero-order valence-electron chi connectivity index (χ0n) is 17.4. The van der Waals surface area contributed by atoms with E-state index in [2.05, 4.69) is 9.97 Å². The number of carbonyl (C=O) groups is 1. The summed E-state index contributed by atoms with van der Waals surface area (Å²) in [5.41, 5.74) is 4.61. The largest absolute Gasteiger partial charge is 0.481 e. The smallest absolute Gasteiger partial charge is 0.420 e. The summed E-state index contributed by atoms with van der Waals surface area (Å²) >= 11 is 6.35. The number of fused-ring (bicyclic) bond motifs is 1. The molecule has 2 unspecified atom stereocenters. The van der Waals surface area contributed by atoms with Gasteiger partial charge in [-0.2, -0.15) is 0 Å². The van der Waals surface area contributed by atoms with Gasteiger partial charge < -0.3 is 29.8 Å². The van der Waals surface area contributed by atoms with Crippen LogP contribution in [0.1, 0.15) is 31.8 Å². The Labute approximate surface area is 187 Å². The van der Waals surface area contributed by atoms with Gasteiger partial charge in [-0.3, -0.25) is 4.57 Å². The van der Waals surface area contributed by atoms with E-state index in [9.17, 15) is 19.8 Å². The highest BCUT2D eigenvalue weighted by Crippen LogP contribution is 2.33. The van der Waals surface area contributed by atoms with E-state index in [4.69, 9.17) is 31.2 Å². The lowest BCUT2D eigenvalue weighted by molar-refractivity contribution is -0.150. The molecule has 0 aliphatic carbocycles. The van der Waals surface area contributed by atoms with Crippen molar-refractivity contribution in [3.05, 3.63) is 52.0 Å². The average Bonchev–Trinajstić information content (AvgIpc) is 3.11. The molecule has 0 aliphatic rings. The lowest BCUT2D eigenvalue weighted by Crippen LogP contribution is -2.52. The maximum absolute atomic E-state index is 12.5. The summed E-state index contributed by atoms with van der Waals surface area (Å²) in [6.07, 6.45) is 2.65. The van der Waals surface area contributed by atoms with Gasteiger partial charge in [0.05, 0.1) is 29.3 Å². The van der Waals surface area contributed by atoms with Gasteiger partial charge in [-0.25, -0.2) is 19.6 Å². The van der Waals surface area contributed by atoms with Crippen molar-refractivity contribution in [2.45, 2.75) is 31.5 Å². The number of rotatable bonds is 9. The van der Waals surface area contributed by atoms with Crippen molar-refractivity contribution in [2.75, 3.05) is 19.8 Å². The van der Waals surface area contributed by atoms with Crippen LogP contribution in [0.15, 0.2) is 39.8 Å². The lowest BCUT2D eigenvalue weighted by atomic mass is 10.1. The topological polar surface area (TPSA) is 163 Å². The molecule has 1 aromatic carbocycles. The Hall–Kier alpha value is -2.99. The van der Waals surface area contributed by atoms with Crippen molar-refractivity contribution < 1.29 is 28.9 Å². The molecule has 2 heterocycles. The molecular formula is C20H23ClN4O7. The molecule has 0 aliphatic heterocycles. The fraction of sp³-hybridized carbons (Fsp3) is 0.400. The summed E-state index contributed by atoms with van der Waals surface area (Å²) in [4.78, 5) is 33.2. The Bertz CT molecular complexity index is 1140. The monoisotopic (exact) mass is 466 g/mol. The van der Waals surface area contributed by atoms with E-state index in [1.807, 2.05) is 0 Å². The molecule has 4 N–H and O–H groups in total. The predicted molar refractivity (Wildman–Crippen MR) is 113 cm³/mol. The Morgan fingerprint density at radius 3 is 2.56 bits per heavy atom. The molecule has 0 saturated carbocycles. The first-order chi connectivity index (χ1) is 15.2. The summed E-state index contributed by atoms with van der Waals surface area (Å²) in [7, 11) is 0. The first-order valence-electron chi connectivity index (χ1n) is 9.64. The Morgan fingerprint density at radius 1 is 1.28 bits per heavy atom. The van der Waals surface area contributed by atoms with E-state index in [1.165, 1.54) is 19.1 Å². The van der Waals surface area contributed by atoms with Gasteiger partial charge in [-0.05, 0) is 26.0 Å². The highest BCUT2D eigenvalue weighted by molar-refractivity contribution is 6.32. The number of nitrogens with two attached hydrogens (primary N) is 1. The quantitative estimate of drug-likeness (QED) is 0.387. The van der Waals surface area contributed by atoms with Crippen LogP contribution in [0.3, 0.4) is 0 Å². The first-order valence-corrected chi connectivity index (χ1v) is 10.0. The van der Waals surface area contributed by atoms with Crippen molar-refractivity contribution in [2.24, 2.45) is 5.73 Å². The van der Waals surface area contributed by atoms with E-state index in [-0.39, 0.29) is 21.9 Å². The van der Waals surface area contributed by atoms with Gasteiger partial charge in [-0.15, -0.1) is 0 Å². The average molecular weight is 467 g/mol. The van der Waals surface area contributed by atoms with Crippen molar-refractivity contribution >= 4 is 28.7 Å². The summed E-state index contributed by atoms with van der Waals surface area (Å²) < 4.78 is 17.2. The number of hydrogen-bond acceptors (Lipinski definition) is 10. The normalized spacial score (nSPS) is 13.7. The summed E-state index contributed by atoms with van der Waals surface area (Å²) in [6.45, 7) is 1.55. The standard InChI is InChI=1S/C20H23ClN4O7/c1-11(18(28)30-10-20(22,8-26)9-27)25-14-6-13(21)15(7-16(14)32-19(25)29)31-12(2)17-23-4-3-5-24-17/h3-7,11-12,26-27H,8-10,22H2,1-2H3. The molecule has 12 heteroatoms. The van der Waals surface area contributed by atoms with E-state index in [0.29, 0.717) is 5.82 Å². The molecule has 0 saturated heterocycles. The van der Waals surface area contributed by atoms with Crippen LogP contribution in [0, 0.1) is 0 Å². The minimum atomic E-state index is -1.49. The maximum Gasteiger partial charge on any atom is 0.420 e. The van der Waals surface area contributed by atoms with E-state index in [1.54, 1.807) is 25.4 Å². The second-order valence-corrected chi connectivity index (χ2v) is 7.72. The number of oxazole rings is 1. The molecule has 3 rings (SSSR count). The molecule has 0 radical (unpaired) electrons. The third-order valence-electron chi connectivity index (χ3n) is 4.78. The fourth-order valence-corrected chi connectivity index (χ4v) is 3.04. The number of carbonyl (C=O) groups excluding carboxylic acids is 1. The third kappa shape index (κ3) is 4.91. The number of esters is 1. The van der Waals surface area contributed by atoms with Crippen LogP contribution in [0.4, 0.5) is 0 Å². The van der Waals surface area contributed by atoms with Gasteiger partial charge in [0.15, 0.2) is 17.5 Å². The second kappa shape index (κ2) is 9.65. The van der Waals surface area contributed by atoms with Gasteiger partial charge in [0.1, 0.15) is 18.4 Å². The minimum Gasteiger partial charge on any atom is -0.481 e. The van der Waals surface area contributed by atoms with Gasteiger partial charge in [-0.1, -0.05) is 11.6 Å². The number of nitrogens with zero attached hydrogens (tertiary/aromatic N) is 3. The molecule has 172 valence electrons. The second-order valence-electron chi connectivity index (χ2n) is 7.32. The molecular weight excluding hydrogens is 444 g/mol. The first kappa shape index (κ1) is 23.7. The lowest BCUT2D eigenvalue weighted by Gasteiger charge is -2.24. The Kier molecular flexibility index (Phi) is 7.14. The predicted octanol–water partition coefficient (Wildman–Crippen LogP) is 0.964. The molecule has 2 aromatic heterocycles. The molecule has 11 nitrogen and oxygen atoms in total. The van der Waals surface area contributed by atoms with Gasteiger partial charge in [0, 0.05) is 18.5 Å². The molecule has 0 bridgehead atoms. The molecule has 0 spiro atoms. The zero-order valence-corrected chi connectivity index (χ0v) is 18.2. The number of ether oxygens (including phenoxy) is 2. The van der Waals surface area contributed by atoms with Gasteiger partial charge in [0.25, 0.3) is 0 Å². The summed E-state index contributed by atoms with van der Waals surface area (Å²) in [5.74, 6) is -0.923. The van der Waals surface area contributed by atoms with E-state index >= 15 is 0 Å². The van der Waals surface area contributed by atoms with Crippen LogP contribution in [-0.2, 0) is 9.53 Å². The Balaban J connectivity index is 1.85. The van der Waals surface area contributed by atoms with E-state index in [0.717, 1.165) is 4.57 Å².